The third-order valence-electron chi connectivity index (χ3n) is 2.39. The van der Waals surface area contributed by atoms with Gasteiger partial charge in [-0.25, -0.2) is 8.42 Å². The van der Waals surface area contributed by atoms with Gasteiger partial charge in [0.2, 0.25) is 10.0 Å². The highest BCUT2D eigenvalue weighted by Gasteiger charge is 2.12. The molecule has 1 aromatic carbocycles. The molecule has 0 aliphatic carbocycles. The molecule has 108 valence electrons. The standard InChI is InChI=1S/C12H18BrClN2O2S/c1-2-6-15-7-3-8-19(17,18)16-12-9-10(13)4-5-11(12)14/h4-5,9,15-16H,2-3,6-8H2,1H3. The van der Waals surface area contributed by atoms with Crippen molar-refractivity contribution < 1.29 is 8.42 Å². The van der Waals surface area contributed by atoms with E-state index >= 15 is 0 Å². The Labute approximate surface area is 128 Å². The first-order valence-corrected chi connectivity index (χ1v) is 8.93. The molecule has 0 aromatic heterocycles. The molecule has 0 aliphatic rings. The quantitative estimate of drug-likeness (QED) is 0.692. The van der Waals surface area contributed by atoms with Crippen molar-refractivity contribution in [1.29, 1.82) is 0 Å². The van der Waals surface area contributed by atoms with Crippen LogP contribution in [0.3, 0.4) is 0 Å². The maximum Gasteiger partial charge on any atom is 0.232 e. The Morgan fingerprint density at radius 2 is 2.05 bits per heavy atom. The van der Waals surface area contributed by atoms with Gasteiger partial charge in [0.1, 0.15) is 0 Å². The van der Waals surface area contributed by atoms with Crippen LogP contribution in [-0.4, -0.2) is 27.3 Å². The summed E-state index contributed by atoms with van der Waals surface area (Å²) in [5.74, 6) is 0.0759. The summed E-state index contributed by atoms with van der Waals surface area (Å²) in [6.45, 7) is 3.67. The predicted octanol–water partition coefficient (Wildman–Crippen LogP) is 3.23. The van der Waals surface area contributed by atoms with Crippen molar-refractivity contribution in [1.82, 2.24) is 5.32 Å². The number of hydrogen-bond acceptors (Lipinski definition) is 3. The molecule has 0 atom stereocenters. The SMILES string of the molecule is CCCNCCCS(=O)(=O)Nc1cc(Br)ccc1Cl. The van der Waals surface area contributed by atoms with E-state index < -0.39 is 10.0 Å². The van der Waals surface area contributed by atoms with Crippen molar-refractivity contribution in [2.75, 3.05) is 23.6 Å². The highest BCUT2D eigenvalue weighted by atomic mass is 79.9. The third kappa shape index (κ3) is 6.61. The van der Waals surface area contributed by atoms with Crippen molar-refractivity contribution in [3.8, 4) is 0 Å². The van der Waals surface area contributed by atoms with Gasteiger partial charge in [-0.2, -0.15) is 0 Å². The minimum absolute atomic E-state index is 0.0759. The topological polar surface area (TPSA) is 58.2 Å². The molecule has 0 spiro atoms. The lowest BCUT2D eigenvalue weighted by Crippen LogP contribution is -2.22. The van der Waals surface area contributed by atoms with Gasteiger partial charge in [0.05, 0.1) is 16.5 Å². The van der Waals surface area contributed by atoms with E-state index in [2.05, 4.69) is 32.9 Å². The summed E-state index contributed by atoms with van der Waals surface area (Å²) < 4.78 is 27.0. The Morgan fingerprint density at radius 1 is 1.32 bits per heavy atom. The molecular weight excluding hydrogens is 352 g/mol. The van der Waals surface area contributed by atoms with Gasteiger partial charge in [0.15, 0.2) is 0 Å². The molecule has 1 aromatic rings. The lowest BCUT2D eigenvalue weighted by Gasteiger charge is -2.10. The second-order valence-corrected chi connectivity index (χ2v) is 7.31. The van der Waals surface area contributed by atoms with E-state index in [1.165, 1.54) is 0 Å². The molecule has 0 aliphatic heterocycles. The summed E-state index contributed by atoms with van der Waals surface area (Å²) in [4.78, 5) is 0. The molecule has 0 fully saturated rings. The average Bonchev–Trinajstić information content (AvgIpc) is 2.33. The number of halogens is 2. The van der Waals surface area contributed by atoms with Crippen molar-refractivity contribution in [2.24, 2.45) is 0 Å². The summed E-state index contributed by atoms with van der Waals surface area (Å²) in [5.41, 5.74) is 0.401. The molecule has 19 heavy (non-hydrogen) atoms. The normalized spacial score (nSPS) is 11.5. The number of nitrogens with one attached hydrogen (secondary N) is 2. The molecule has 0 saturated heterocycles. The molecule has 0 radical (unpaired) electrons. The van der Waals surface area contributed by atoms with E-state index in [1.54, 1.807) is 18.2 Å². The zero-order valence-corrected chi connectivity index (χ0v) is 13.9. The van der Waals surface area contributed by atoms with E-state index in [4.69, 9.17) is 11.6 Å². The van der Waals surface area contributed by atoms with E-state index in [9.17, 15) is 8.42 Å². The fraction of sp³-hybridized carbons (Fsp3) is 0.500. The summed E-state index contributed by atoms with van der Waals surface area (Å²) >= 11 is 9.23. The summed E-state index contributed by atoms with van der Waals surface area (Å²) in [6, 6.07) is 5.05. The third-order valence-corrected chi connectivity index (χ3v) is 4.57. The summed E-state index contributed by atoms with van der Waals surface area (Å²) in [5, 5.41) is 3.55. The smallest absolute Gasteiger partial charge is 0.232 e. The first kappa shape index (κ1) is 16.8. The van der Waals surface area contributed by atoms with E-state index in [0.717, 1.165) is 17.4 Å². The van der Waals surface area contributed by atoms with Crippen molar-refractivity contribution in [2.45, 2.75) is 19.8 Å². The van der Waals surface area contributed by atoms with Crippen LogP contribution in [0.1, 0.15) is 19.8 Å². The van der Waals surface area contributed by atoms with E-state index in [-0.39, 0.29) is 5.75 Å². The number of benzene rings is 1. The van der Waals surface area contributed by atoms with Gasteiger partial charge >= 0.3 is 0 Å². The summed E-state index contributed by atoms with van der Waals surface area (Å²) in [6.07, 6.45) is 1.61. The van der Waals surface area contributed by atoms with Crippen molar-refractivity contribution in [3.63, 3.8) is 0 Å². The Balaban J connectivity index is 2.52. The molecule has 0 bridgehead atoms. The van der Waals surface area contributed by atoms with Crippen LogP contribution in [0.2, 0.25) is 5.02 Å². The number of anilines is 1. The molecular formula is C12H18BrClN2O2S. The first-order valence-electron chi connectivity index (χ1n) is 6.11. The molecule has 0 saturated carbocycles. The van der Waals surface area contributed by atoms with Crippen LogP contribution in [0, 0.1) is 0 Å². The second kappa shape index (κ2) is 8.09. The Kier molecular flexibility index (Phi) is 7.13. The van der Waals surface area contributed by atoms with Crippen molar-refractivity contribution >= 4 is 43.2 Å². The molecule has 7 heteroatoms. The van der Waals surface area contributed by atoms with Gasteiger partial charge < -0.3 is 5.32 Å². The molecule has 4 nitrogen and oxygen atoms in total. The van der Waals surface area contributed by atoms with Crippen LogP contribution in [0.4, 0.5) is 5.69 Å². The zero-order valence-electron chi connectivity index (χ0n) is 10.7. The number of sulfonamides is 1. The minimum Gasteiger partial charge on any atom is -0.317 e. The fourth-order valence-corrected chi connectivity index (χ4v) is 3.20. The monoisotopic (exact) mass is 368 g/mol. The van der Waals surface area contributed by atoms with E-state index in [1.807, 2.05) is 0 Å². The van der Waals surface area contributed by atoms with Crippen molar-refractivity contribution in [3.05, 3.63) is 27.7 Å². The summed E-state index contributed by atoms with van der Waals surface area (Å²) in [7, 11) is -3.36. The van der Waals surface area contributed by atoms with E-state index in [0.29, 0.717) is 23.7 Å². The Bertz CT molecular complexity index is 508. The maximum absolute atomic E-state index is 11.9. The second-order valence-electron chi connectivity index (χ2n) is 4.15. The van der Waals surface area contributed by atoms with Gasteiger partial charge in [0.25, 0.3) is 0 Å². The van der Waals surface area contributed by atoms with Crippen LogP contribution in [0.5, 0.6) is 0 Å². The van der Waals surface area contributed by atoms with Gasteiger partial charge in [-0.1, -0.05) is 34.5 Å². The first-order chi connectivity index (χ1) is 8.94. The highest BCUT2D eigenvalue weighted by molar-refractivity contribution is 9.10. The lowest BCUT2D eigenvalue weighted by atomic mass is 10.3. The van der Waals surface area contributed by atoms with Gasteiger partial charge in [-0.15, -0.1) is 0 Å². The molecule has 0 unspecified atom stereocenters. The zero-order chi connectivity index (χ0) is 14.3. The van der Waals surface area contributed by atoms with Crippen LogP contribution in [0.25, 0.3) is 0 Å². The highest BCUT2D eigenvalue weighted by Crippen LogP contribution is 2.26. The maximum atomic E-state index is 11.9. The Hall–Kier alpha value is -0.300. The number of rotatable bonds is 8. The number of hydrogen-bond donors (Lipinski definition) is 2. The average molecular weight is 370 g/mol. The van der Waals surface area contributed by atoms with Gasteiger partial charge in [-0.05, 0) is 44.1 Å². The predicted molar refractivity (Wildman–Crippen MR) is 84.3 cm³/mol. The fourth-order valence-electron chi connectivity index (χ4n) is 1.48. The Morgan fingerprint density at radius 3 is 2.74 bits per heavy atom. The lowest BCUT2D eigenvalue weighted by molar-refractivity contribution is 0.593. The molecule has 2 N–H and O–H groups in total. The molecule has 0 heterocycles. The van der Waals surface area contributed by atoms with Gasteiger partial charge in [-0.3, -0.25) is 4.72 Å². The van der Waals surface area contributed by atoms with Crippen LogP contribution in [-0.2, 0) is 10.0 Å². The van der Waals surface area contributed by atoms with Crippen LogP contribution >= 0.6 is 27.5 Å². The molecule has 1 rings (SSSR count). The largest absolute Gasteiger partial charge is 0.317 e. The minimum atomic E-state index is -3.36. The van der Waals surface area contributed by atoms with Gasteiger partial charge in [0, 0.05) is 4.47 Å². The van der Waals surface area contributed by atoms with Crippen LogP contribution in [0.15, 0.2) is 22.7 Å². The molecule has 0 amide bonds. The van der Waals surface area contributed by atoms with Crippen LogP contribution < -0.4 is 10.0 Å².